The molecule has 2 aromatic carbocycles. The van der Waals surface area contributed by atoms with Crippen molar-refractivity contribution in [2.45, 2.75) is 26.7 Å². The Hall–Kier alpha value is -2.33. The summed E-state index contributed by atoms with van der Waals surface area (Å²) in [5, 5.41) is 3.55. The number of rotatable bonds is 4. The minimum Gasteiger partial charge on any atom is -0.326 e. The van der Waals surface area contributed by atoms with E-state index in [2.05, 4.69) is 12.2 Å². The normalized spacial score (nSPS) is 17.0. The van der Waals surface area contributed by atoms with Crippen LogP contribution in [0.25, 0.3) is 0 Å². The summed E-state index contributed by atoms with van der Waals surface area (Å²) in [4.78, 5) is 26.6. The van der Waals surface area contributed by atoms with Crippen molar-refractivity contribution in [1.29, 1.82) is 0 Å². The third-order valence-electron chi connectivity index (χ3n) is 4.60. The fourth-order valence-electron chi connectivity index (χ4n) is 3.05. The topological polar surface area (TPSA) is 49.4 Å². The minimum atomic E-state index is -0.353. The van der Waals surface area contributed by atoms with E-state index in [-0.39, 0.29) is 24.2 Å². The molecule has 130 valence electrons. The van der Waals surface area contributed by atoms with Gasteiger partial charge >= 0.3 is 0 Å². The molecule has 0 aliphatic carbocycles. The number of benzene rings is 2. The smallest absolute Gasteiger partial charge is 0.229 e. The molecule has 1 fully saturated rings. The molecular weight excluding hydrogens is 336 g/mol. The first-order chi connectivity index (χ1) is 12.0. The lowest BCUT2D eigenvalue weighted by Gasteiger charge is -2.17. The van der Waals surface area contributed by atoms with Crippen LogP contribution in [0.1, 0.15) is 24.5 Å². The first kappa shape index (κ1) is 17.5. The Bertz CT molecular complexity index is 802. The summed E-state index contributed by atoms with van der Waals surface area (Å²) in [6.07, 6.45) is 1.19. The molecule has 1 aliphatic heterocycles. The predicted octanol–water partition coefficient (Wildman–Crippen LogP) is 4.20. The van der Waals surface area contributed by atoms with E-state index in [4.69, 9.17) is 11.6 Å². The van der Waals surface area contributed by atoms with Crippen molar-refractivity contribution < 1.29 is 9.59 Å². The number of hydrogen-bond acceptors (Lipinski definition) is 2. The van der Waals surface area contributed by atoms with Crippen molar-refractivity contribution in [2.24, 2.45) is 5.92 Å². The van der Waals surface area contributed by atoms with Gasteiger partial charge in [-0.15, -0.1) is 0 Å². The van der Waals surface area contributed by atoms with Gasteiger partial charge in [0, 0.05) is 29.4 Å². The molecule has 4 nitrogen and oxygen atoms in total. The molecule has 3 rings (SSSR count). The Morgan fingerprint density at radius 2 is 1.96 bits per heavy atom. The van der Waals surface area contributed by atoms with Gasteiger partial charge in [0.25, 0.3) is 0 Å². The van der Waals surface area contributed by atoms with E-state index in [0.717, 1.165) is 23.4 Å². The van der Waals surface area contributed by atoms with Crippen LogP contribution in [0.15, 0.2) is 42.5 Å². The standard InChI is InChI=1S/C20H21ClN2O2/c1-3-14-4-7-17(8-5-14)23-12-15(11-19(23)24)20(25)22-18-9-6-16(21)10-13(18)2/h4-10,15H,3,11-12H2,1-2H3,(H,22,25)/t15-/m1/s1. The lowest BCUT2D eigenvalue weighted by molar-refractivity contribution is -0.122. The van der Waals surface area contributed by atoms with Crippen LogP contribution in [0.3, 0.4) is 0 Å². The SMILES string of the molecule is CCc1ccc(N2C[C@H](C(=O)Nc3ccc(Cl)cc3C)CC2=O)cc1. The highest BCUT2D eigenvalue weighted by Gasteiger charge is 2.35. The molecule has 0 bridgehead atoms. The lowest BCUT2D eigenvalue weighted by Crippen LogP contribution is -2.28. The molecule has 5 heteroatoms. The number of amides is 2. The summed E-state index contributed by atoms with van der Waals surface area (Å²) < 4.78 is 0. The van der Waals surface area contributed by atoms with Crippen molar-refractivity contribution in [3.63, 3.8) is 0 Å². The van der Waals surface area contributed by atoms with E-state index in [1.807, 2.05) is 31.2 Å². The van der Waals surface area contributed by atoms with E-state index < -0.39 is 0 Å². The van der Waals surface area contributed by atoms with Gasteiger partial charge in [0.2, 0.25) is 11.8 Å². The Morgan fingerprint density at radius 3 is 2.60 bits per heavy atom. The number of hydrogen-bond donors (Lipinski definition) is 1. The van der Waals surface area contributed by atoms with Gasteiger partial charge in [0.1, 0.15) is 0 Å². The lowest BCUT2D eigenvalue weighted by atomic mass is 10.1. The zero-order valence-corrected chi connectivity index (χ0v) is 15.1. The second-order valence-electron chi connectivity index (χ2n) is 6.37. The van der Waals surface area contributed by atoms with E-state index in [1.54, 1.807) is 23.1 Å². The van der Waals surface area contributed by atoms with Gasteiger partial charge in [0.05, 0.1) is 5.92 Å². The number of nitrogens with one attached hydrogen (secondary N) is 1. The molecule has 0 aromatic heterocycles. The van der Waals surface area contributed by atoms with Crippen LogP contribution < -0.4 is 10.2 Å². The van der Waals surface area contributed by atoms with Gasteiger partial charge in [-0.05, 0) is 54.8 Å². The number of carbonyl (C=O) groups is 2. The molecule has 1 N–H and O–H groups in total. The molecule has 0 spiro atoms. The number of carbonyl (C=O) groups excluding carboxylic acids is 2. The Kier molecular flexibility index (Phi) is 5.09. The fraction of sp³-hybridized carbons (Fsp3) is 0.300. The Balaban J connectivity index is 1.69. The van der Waals surface area contributed by atoms with Gasteiger partial charge < -0.3 is 10.2 Å². The Morgan fingerprint density at radius 1 is 1.24 bits per heavy atom. The number of anilines is 2. The average molecular weight is 357 g/mol. The van der Waals surface area contributed by atoms with Crippen LogP contribution >= 0.6 is 11.6 Å². The fourth-order valence-corrected chi connectivity index (χ4v) is 3.27. The molecule has 1 aliphatic rings. The monoisotopic (exact) mass is 356 g/mol. The van der Waals surface area contributed by atoms with Crippen molar-refractivity contribution in [3.8, 4) is 0 Å². The zero-order valence-electron chi connectivity index (χ0n) is 14.4. The van der Waals surface area contributed by atoms with Crippen molar-refractivity contribution in [2.75, 3.05) is 16.8 Å². The van der Waals surface area contributed by atoms with Crippen LogP contribution in [0.5, 0.6) is 0 Å². The molecular formula is C20H21ClN2O2. The highest BCUT2D eigenvalue weighted by Crippen LogP contribution is 2.27. The largest absolute Gasteiger partial charge is 0.326 e. The maximum Gasteiger partial charge on any atom is 0.229 e. The third kappa shape index (κ3) is 3.85. The summed E-state index contributed by atoms with van der Waals surface area (Å²) >= 11 is 5.94. The zero-order chi connectivity index (χ0) is 18.0. The van der Waals surface area contributed by atoms with E-state index >= 15 is 0 Å². The van der Waals surface area contributed by atoms with E-state index in [9.17, 15) is 9.59 Å². The molecule has 0 saturated carbocycles. The Labute approximate surface area is 152 Å². The number of halogens is 1. The summed E-state index contributed by atoms with van der Waals surface area (Å²) in [5.41, 5.74) is 3.70. The summed E-state index contributed by atoms with van der Waals surface area (Å²) in [5.74, 6) is -0.503. The molecule has 0 unspecified atom stereocenters. The molecule has 1 saturated heterocycles. The summed E-state index contributed by atoms with van der Waals surface area (Å²) in [6, 6.07) is 13.3. The highest BCUT2D eigenvalue weighted by atomic mass is 35.5. The quantitative estimate of drug-likeness (QED) is 0.892. The maximum absolute atomic E-state index is 12.6. The van der Waals surface area contributed by atoms with E-state index in [1.165, 1.54) is 5.56 Å². The number of nitrogens with zero attached hydrogens (tertiary/aromatic N) is 1. The van der Waals surface area contributed by atoms with Crippen LogP contribution in [-0.2, 0) is 16.0 Å². The average Bonchev–Trinajstić information content (AvgIpc) is 2.99. The second-order valence-corrected chi connectivity index (χ2v) is 6.81. The number of aryl methyl sites for hydroxylation is 2. The van der Waals surface area contributed by atoms with Crippen LogP contribution in [-0.4, -0.2) is 18.4 Å². The van der Waals surface area contributed by atoms with Gasteiger partial charge in [-0.3, -0.25) is 9.59 Å². The summed E-state index contributed by atoms with van der Waals surface area (Å²) in [7, 11) is 0. The molecule has 0 radical (unpaired) electrons. The van der Waals surface area contributed by atoms with E-state index in [0.29, 0.717) is 11.6 Å². The van der Waals surface area contributed by atoms with Gasteiger partial charge in [0.15, 0.2) is 0 Å². The molecule has 2 aromatic rings. The molecule has 25 heavy (non-hydrogen) atoms. The second kappa shape index (κ2) is 7.28. The predicted molar refractivity (Wildman–Crippen MR) is 101 cm³/mol. The molecule has 1 heterocycles. The van der Waals surface area contributed by atoms with Crippen molar-refractivity contribution in [3.05, 3.63) is 58.6 Å². The van der Waals surface area contributed by atoms with Crippen LogP contribution in [0, 0.1) is 12.8 Å². The minimum absolute atomic E-state index is 0.0165. The first-order valence-corrected chi connectivity index (χ1v) is 8.82. The highest BCUT2D eigenvalue weighted by molar-refractivity contribution is 6.30. The van der Waals surface area contributed by atoms with Crippen LogP contribution in [0.4, 0.5) is 11.4 Å². The molecule has 1 atom stereocenters. The maximum atomic E-state index is 12.6. The third-order valence-corrected chi connectivity index (χ3v) is 4.83. The van der Waals surface area contributed by atoms with Gasteiger partial charge in [-0.25, -0.2) is 0 Å². The molecule has 2 amide bonds. The van der Waals surface area contributed by atoms with Crippen molar-refractivity contribution >= 4 is 34.8 Å². The van der Waals surface area contributed by atoms with Crippen molar-refractivity contribution in [1.82, 2.24) is 0 Å². The van der Waals surface area contributed by atoms with Crippen LogP contribution in [0.2, 0.25) is 5.02 Å². The first-order valence-electron chi connectivity index (χ1n) is 8.44. The summed E-state index contributed by atoms with van der Waals surface area (Å²) in [6.45, 7) is 4.39. The van der Waals surface area contributed by atoms with Gasteiger partial charge in [-0.2, -0.15) is 0 Å². The van der Waals surface area contributed by atoms with Gasteiger partial charge in [-0.1, -0.05) is 30.7 Å².